The molecular formula is C19H17NO3. The van der Waals surface area contributed by atoms with Crippen LogP contribution in [0.4, 0.5) is 0 Å². The van der Waals surface area contributed by atoms with Crippen molar-refractivity contribution in [2.45, 2.75) is 25.9 Å². The summed E-state index contributed by atoms with van der Waals surface area (Å²) < 4.78 is 4.81. The Morgan fingerprint density at radius 3 is 2.22 bits per heavy atom. The van der Waals surface area contributed by atoms with Crippen molar-refractivity contribution >= 4 is 11.8 Å². The molecule has 0 aromatic heterocycles. The molecule has 0 bridgehead atoms. The van der Waals surface area contributed by atoms with E-state index in [1.807, 2.05) is 48.5 Å². The van der Waals surface area contributed by atoms with Crippen LogP contribution in [0, 0.1) is 11.3 Å². The highest BCUT2D eigenvalue weighted by Gasteiger charge is 2.12. The molecule has 0 fully saturated rings. The van der Waals surface area contributed by atoms with E-state index in [0.717, 1.165) is 11.1 Å². The van der Waals surface area contributed by atoms with Crippen LogP contribution in [0.15, 0.2) is 54.6 Å². The normalized spacial score (nSPS) is 11.3. The van der Waals surface area contributed by atoms with Crippen LogP contribution in [0.1, 0.15) is 30.1 Å². The van der Waals surface area contributed by atoms with Crippen molar-refractivity contribution in [3.05, 3.63) is 60.2 Å². The highest BCUT2D eigenvalue weighted by molar-refractivity contribution is 5.97. The quantitative estimate of drug-likeness (QED) is 0.602. The molecule has 1 atom stereocenters. The van der Waals surface area contributed by atoms with Gasteiger partial charge in [-0.05, 0) is 18.1 Å². The molecule has 2 rings (SSSR count). The van der Waals surface area contributed by atoms with Gasteiger partial charge < -0.3 is 4.74 Å². The third kappa shape index (κ3) is 4.79. The summed E-state index contributed by atoms with van der Waals surface area (Å²) in [6.45, 7) is 1.49. The largest absolute Gasteiger partial charge is 0.447 e. The zero-order chi connectivity index (χ0) is 16.7. The lowest BCUT2D eigenvalue weighted by Crippen LogP contribution is -2.14. The molecular weight excluding hydrogens is 290 g/mol. The van der Waals surface area contributed by atoms with Crippen LogP contribution in [-0.4, -0.2) is 17.9 Å². The van der Waals surface area contributed by atoms with Crippen molar-refractivity contribution in [3.63, 3.8) is 0 Å². The molecule has 0 radical (unpaired) electrons. The first-order valence-electron chi connectivity index (χ1n) is 7.38. The van der Waals surface area contributed by atoms with Crippen LogP contribution >= 0.6 is 0 Å². The number of esters is 1. The van der Waals surface area contributed by atoms with Gasteiger partial charge in [-0.25, -0.2) is 0 Å². The molecule has 0 spiro atoms. The molecule has 0 aliphatic carbocycles. The number of hydrogen-bond acceptors (Lipinski definition) is 4. The van der Waals surface area contributed by atoms with Gasteiger partial charge in [-0.3, -0.25) is 9.59 Å². The van der Waals surface area contributed by atoms with E-state index in [0.29, 0.717) is 5.56 Å². The number of ether oxygens (including phenoxy) is 1. The van der Waals surface area contributed by atoms with Crippen molar-refractivity contribution in [1.82, 2.24) is 0 Å². The Morgan fingerprint density at radius 2 is 1.61 bits per heavy atom. The van der Waals surface area contributed by atoms with Crippen molar-refractivity contribution in [2.24, 2.45) is 0 Å². The van der Waals surface area contributed by atoms with Crippen molar-refractivity contribution in [1.29, 1.82) is 5.26 Å². The SMILES string of the molecule is C[C@H](C#N)OC(=O)CCC(=O)c1ccc(-c2ccccc2)cc1. The first kappa shape index (κ1) is 16.4. The number of hydrogen-bond donors (Lipinski definition) is 0. The number of rotatable bonds is 6. The Kier molecular flexibility index (Phi) is 5.65. The fourth-order valence-electron chi connectivity index (χ4n) is 2.12. The predicted octanol–water partition coefficient (Wildman–Crippen LogP) is 3.77. The van der Waals surface area contributed by atoms with Crippen molar-refractivity contribution < 1.29 is 14.3 Å². The summed E-state index contributed by atoms with van der Waals surface area (Å²) >= 11 is 0. The average Bonchev–Trinajstić information content (AvgIpc) is 2.60. The summed E-state index contributed by atoms with van der Waals surface area (Å²) in [5.41, 5.74) is 2.68. The molecule has 0 saturated carbocycles. The summed E-state index contributed by atoms with van der Waals surface area (Å²) in [5.74, 6) is -0.653. The van der Waals surface area contributed by atoms with E-state index in [1.54, 1.807) is 12.1 Å². The second-order valence-electron chi connectivity index (χ2n) is 5.13. The second-order valence-corrected chi connectivity index (χ2v) is 5.13. The lowest BCUT2D eigenvalue weighted by Gasteiger charge is -2.06. The zero-order valence-corrected chi connectivity index (χ0v) is 12.9. The third-order valence-electron chi connectivity index (χ3n) is 3.36. The van der Waals surface area contributed by atoms with Crippen LogP contribution in [0.3, 0.4) is 0 Å². The third-order valence-corrected chi connectivity index (χ3v) is 3.36. The summed E-state index contributed by atoms with van der Waals surface area (Å²) in [5, 5.41) is 8.56. The van der Waals surface area contributed by atoms with E-state index >= 15 is 0 Å². The second kappa shape index (κ2) is 7.90. The summed E-state index contributed by atoms with van der Waals surface area (Å²) in [7, 11) is 0. The highest BCUT2D eigenvalue weighted by atomic mass is 16.5. The standard InChI is InChI=1S/C19H17NO3/c1-14(13-20)23-19(22)12-11-18(21)17-9-7-16(8-10-17)15-5-3-2-4-6-15/h2-10,14H,11-12H2,1H3/t14-/m1/s1. The molecule has 2 aromatic carbocycles. The lowest BCUT2D eigenvalue weighted by molar-refractivity contribution is -0.145. The van der Waals surface area contributed by atoms with E-state index in [2.05, 4.69) is 0 Å². The van der Waals surface area contributed by atoms with Crippen LogP contribution < -0.4 is 0 Å². The van der Waals surface area contributed by atoms with Crippen LogP contribution in [0.2, 0.25) is 0 Å². The highest BCUT2D eigenvalue weighted by Crippen LogP contribution is 2.20. The van der Waals surface area contributed by atoms with Gasteiger partial charge in [0.1, 0.15) is 6.07 Å². The van der Waals surface area contributed by atoms with Gasteiger partial charge >= 0.3 is 5.97 Å². The Balaban J connectivity index is 1.93. The van der Waals surface area contributed by atoms with Gasteiger partial charge in [-0.2, -0.15) is 5.26 Å². The summed E-state index contributed by atoms with van der Waals surface area (Å²) in [6, 6.07) is 19.0. The topological polar surface area (TPSA) is 67.2 Å². The molecule has 0 unspecified atom stereocenters. The smallest absolute Gasteiger partial charge is 0.307 e. The van der Waals surface area contributed by atoms with E-state index in [9.17, 15) is 9.59 Å². The Bertz CT molecular complexity index is 715. The maximum Gasteiger partial charge on any atom is 0.307 e. The van der Waals surface area contributed by atoms with Gasteiger partial charge in [0.05, 0.1) is 6.42 Å². The number of Topliss-reactive ketones (excluding diaryl/α,β-unsaturated/α-hetero) is 1. The molecule has 0 N–H and O–H groups in total. The number of carbonyl (C=O) groups is 2. The molecule has 4 heteroatoms. The number of benzene rings is 2. The maximum atomic E-state index is 12.1. The van der Waals surface area contributed by atoms with E-state index < -0.39 is 12.1 Å². The Morgan fingerprint density at radius 1 is 1.00 bits per heavy atom. The molecule has 0 amide bonds. The maximum absolute atomic E-state index is 12.1. The van der Waals surface area contributed by atoms with Crippen LogP contribution in [-0.2, 0) is 9.53 Å². The van der Waals surface area contributed by atoms with Gasteiger partial charge in [-0.15, -0.1) is 0 Å². The molecule has 0 aliphatic heterocycles. The van der Waals surface area contributed by atoms with E-state index in [4.69, 9.17) is 10.00 Å². The van der Waals surface area contributed by atoms with Gasteiger partial charge in [0.15, 0.2) is 11.9 Å². The summed E-state index contributed by atoms with van der Waals surface area (Å²) in [6.07, 6.45) is -0.741. The van der Waals surface area contributed by atoms with Gasteiger partial charge in [0.2, 0.25) is 0 Å². The Hall–Kier alpha value is -2.93. The van der Waals surface area contributed by atoms with E-state index in [-0.39, 0.29) is 18.6 Å². The molecule has 0 heterocycles. The minimum atomic E-state index is -0.789. The molecule has 0 aliphatic rings. The molecule has 116 valence electrons. The molecule has 23 heavy (non-hydrogen) atoms. The first-order valence-corrected chi connectivity index (χ1v) is 7.38. The lowest BCUT2D eigenvalue weighted by atomic mass is 10.0. The van der Waals surface area contributed by atoms with E-state index in [1.165, 1.54) is 6.92 Å². The molecule has 0 saturated heterocycles. The van der Waals surface area contributed by atoms with Crippen LogP contribution in [0.25, 0.3) is 11.1 Å². The fourth-order valence-corrected chi connectivity index (χ4v) is 2.12. The monoisotopic (exact) mass is 307 g/mol. The minimum Gasteiger partial charge on any atom is -0.447 e. The van der Waals surface area contributed by atoms with Gasteiger partial charge in [0.25, 0.3) is 0 Å². The number of nitriles is 1. The number of carbonyl (C=O) groups excluding carboxylic acids is 2. The van der Waals surface area contributed by atoms with Crippen LogP contribution in [0.5, 0.6) is 0 Å². The predicted molar refractivity (Wildman–Crippen MR) is 86.6 cm³/mol. The zero-order valence-electron chi connectivity index (χ0n) is 12.9. The number of nitrogens with zero attached hydrogens (tertiary/aromatic N) is 1. The molecule has 2 aromatic rings. The minimum absolute atomic E-state index is 0.0225. The summed E-state index contributed by atoms with van der Waals surface area (Å²) in [4.78, 5) is 23.5. The number of ketones is 1. The fraction of sp³-hybridized carbons (Fsp3) is 0.211. The average molecular weight is 307 g/mol. The first-order chi connectivity index (χ1) is 11.1. The molecule has 4 nitrogen and oxygen atoms in total. The van der Waals surface area contributed by atoms with Gasteiger partial charge in [-0.1, -0.05) is 54.6 Å². The van der Waals surface area contributed by atoms with Crippen molar-refractivity contribution in [3.8, 4) is 17.2 Å². The van der Waals surface area contributed by atoms with Crippen molar-refractivity contribution in [2.75, 3.05) is 0 Å². The Labute approximate surface area is 135 Å². The van der Waals surface area contributed by atoms with Gasteiger partial charge in [0, 0.05) is 12.0 Å².